The quantitative estimate of drug-likeness (QED) is 0.768. The van der Waals surface area contributed by atoms with E-state index in [9.17, 15) is 4.79 Å². The predicted octanol–water partition coefficient (Wildman–Crippen LogP) is 3.07. The Balaban J connectivity index is 2.26. The Bertz CT molecular complexity index is 431. The van der Waals surface area contributed by atoms with E-state index in [1.54, 1.807) is 6.20 Å². The maximum Gasteiger partial charge on any atom is 0.229 e. The van der Waals surface area contributed by atoms with Crippen molar-refractivity contribution in [1.29, 1.82) is 0 Å². The normalized spacial score (nSPS) is 27.4. The summed E-state index contributed by atoms with van der Waals surface area (Å²) in [5, 5.41) is 0. The summed E-state index contributed by atoms with van der Waals surface area (Å²) in [5.74, 6) is 1.30. The van der Waals surface area contributed by atoms with Crippen molar-refractivity contribution in [1.82, 2.24) is 9.55 Å². The number of ketones is 1. The van der Waals surface area contributed by atoms with Crippen LogP contribution in [0, 0.1) is 5.92 Å². The molecule has 1 aliphatic carbocycles. The minimum absolute atomic E-state index is 0.0631. The monoisotopic (exact) mass is 264 g/mol. The Hall–Kier alpha value is -1.16. The first-order valence-electron chi connectivity index (χ1n) is 7.33. The molecule has 0 saturated heterocycles. The minimum atomic E-state index is -0.639. The lowest BCUT2D eigenvalue weighted by Gasteiger charge is -2.37. The lowest BCUT2D eigenvalue weighted by molar-refractivity contribution is -0.0482. The summed E-state index contributed by atoms with van der Waals surface area (Å²) >= 11 is 0. The molecule has 0 aliphatic heterocycles. The molecule has 1 aromatic heterocycles. The van der Waals surface area contributed by atoms with E-state index < -0.39 is 5.60 Å². The summed E-state index contributed by atoms with van der Waals surface area (Å²) < 4.78 is 7.80. The molecule has 0 aromatic carbocycles. The van der Waals surface area contributed by atoms with Crippen LogP contribution in [0.4, 0.5) is 0 Å². The van der Waals surface area contributed by atoms with Gasteiger partial charge in [-0.15, -0.1) is 0 Å². The summed E-state index contributed by atoms with van der Waals surface area (Å²) in [6.45, 7) is 7.56. The highest BCUT2D eigenvalue weighted by Gasteiger charge is 2.43. The van der Waals surface area contributed by atoms with Gasteiger partial charge in [-0.05, 0) is 45.4 Å². The lowest BCUT2D eigenvalue weighted by Crippen LogP contribution is -2.45. The van der Waals surface area contributed by atoms with Gasteiger partial charge in [0, 0.05) is 25.5 Å². The molecule has 0 N–H and O–H groups in total. The number of carbonyl (C=O) groups excluding carboxylic acids is 1. The molecule has 1 heterocycles. The molecule has 0 spiro atoms. The Morgan fingerprint density at radius 1 is 1.47 bits per heavy atom. The number of aryl methyl sites for hydroxylation is 1. The van der Waals surface area contributed by atoms with Gasteiger partial charge in [-0.2, -0.15) is 0 Å². The number of aromatic nitrogens is 2. The van der Waals surface area contributed by atoms with Crippen molar-refractivity contribution >= 4 is 5.78 Å². The second kappa shape index (κ2) is 5.87. The number of Topliss-reactive ketones (excluding diaryl/α,β-unsaturated/α-hetero) is 1. The summed E-state index contributed by atoms with van der Waals surface area (Å²) in [5.41, 5.74) is -0.639. The summed E-state index contributed by atoms with van der Waals surface area (Å²) in [6, 6.07) is 0. The second-order valence-electron chi connectivity index (χ2n) is 5.48. The zero-order valence-electron chi connectivity index (χ0n) is 12.2. The van der Waals surface area contributed by atoms with Gasteiger partial charge in [0.1, 0.15) is 5.60 Å². The largest absolute Gasteiger partial charge is 0.367 e. The van der Waals surface area contributed by atoms with Crippen LogP contribution in [0.5, 0.6) is 0 Å². The number of hydrogen-bond donors (Lipinski definition) is 0. The van der Waals surface area contributed by atoms with E-state index >= 15 is 0 Å². The Morgan fingerprint density at radius 3 is 2.74 bits per heavy atom. The number of imidazole rings is 1. The number of nitrogens with zero attached hydrogens (tertiary/aromatic N) is 2. The van der Waals surface area contributed by atoms with Gasteiger partial charge in [0.25, 0.3) is 0 Å². The molecule has 0 amide bonds. The third-order valence-corrected chi connectivity index (χ3v) is 4.18. The highest BCUT2D eigenvalue weighted by molar-refractivity contribution is 5.99. The first-order chi connectivity index (χ1) is 9.13. The zero-order chi connectivity index (χ0) is 13.9. The SMILES string of the molecule is CCOC1(C(=O)c2nccn2CC)CCC(C)CC1. The third kappa shape index (κ3) is 2.73. The lowest BCUT2D eigenvalue weighted by atomic mass is 9.76. The number of rotatable bonds is 5. The average molecular weight is 264 g/mol. The number of carbonyl (C=O) groups is 1. The molecule has 1 aromatic rings. The minimum Gasteiger partial charge on any atom is -0.367 e. The van der Waals surface area contributed by atoms with Crippen molar-refractivity contribution in [3.05, 3.63) is 18.2 Å². The van der Waals surface area contributed by atoms with E-state index in [-0.39, 0.29) is 5.78 Å². The van der Waals surface area contributed by atoms with Crippen molar-refractivity contribution in [3.63, 3.8) is 0 Å². The van der Waals surface area contributed by atoms with E-state index in [4.69, 9.17) is 4.74 Å². The van der Waals surface area contributed by atoms with Crippen LogP contribution in [0.15, 0.2) is 12.4 Å². The average Bonchev–Trinajstić information content (AvgIpc) is 2.89. The van der Waals surface area contributed by atoms with Gasteiger partial charge < -0.3 is 9.30 Å². The predicted molar refractivity (Wildman–Crippen MR) is 74.2 cm³/mol. The molecular weight excluding hydrogens is 240 g/mol. The van der Waals surface area contributed by atoms with Crippen molar-refractivity contribution in [3.8, 4) is 0 Å². The van der Waals surface area contributed by atoms with Gasteiger partial charge in [0.05, 0.1) is 0 Å². The molecule has 0 unspecified atom stereocenters. The fourth-order valence-corrected chi connectivity index (χ4v) is 2.92. The standard InChI is InChI=1S/C15H24N2O2/c1-4-17-11-10-16-14(17)13(18)15(19-5-2)8-6-12(3)7-9-15/h10-12H,4-9H2,1-3H3. The fourth-order valence-electron chi connectivity index (χ4n) is 2.92. The van der Waals surface area contributed by atoms with E-state index in [1.165, 1.54) is 0 Å². The van der Waals surface area contributed by atoms with Crippen LogP contribution in [0.25, 0.3) is 0 Å². The van der Waals surface area contributed by atoms with Gasteiger partial charge in [0.2, 0.25) is 5.78 Å². The van der Waals surface area contributed by atoms with Crippen molar-refractivity contribution in [2.24, 2.45) is 5.92 Å². The maximum atomic E-state index is 12.9. The highest BCUT2D eigenvalue weighted by atomic mass is 16.5. The fraction of sp³-hybridized carbons (Fsp3) is 0.733. The van der Waals surface area contributed by atoms with E-state index in [0.29, 0.717) is 18.3 Å². The van der Waals surface area contributed by atoms with Crippen LogP contribution in [0.3, 0.4) is 0 Å². The van der Waals surface area contributed by atoms with Crippen LogP contribution in [0.2, 0.25) is 0 Å². The van der Waals surface area contributed by atoms with Crippen LogP contribution in [-0.2, 0) is 11.3 Å². The van der Waals surface area contributed by atoms with Crippen molar-refractivity contribution < 1.29 is 9.53 Å². The molecule has 0 radical (unpaired) electrons. The van der Waals surface area contributed by atoms with Gasteiger partial charge in [0.15, 0.2) is 5.82 Å². The van der Waals surface area contributed by atoms with Gasteiger partial charge >= 0.3 is 0 Å². The molecule has 1 aliphatic rings. The van der Waals surface area contributed by atoms with E-state index in [1.807, 2.05) is 24.6 Å². The Morgan fingerprint density at radius 2 is 2.16 bits per heavy atom. The van der Waals surface area contributed by atoms with Crippen LogP contribution in [-0.4, -0.2) is 27.5 Å². The summed E-state index contributed by atoms with van der Waals surface area (Å²) in [7, 11) is 0. The first kappa shape index (κ1) is 14.3. The van der Waals surface area contributed by atoms with Gasteiger partial charge in [-0.25, -0.2) is 4.98 Å². The van der Waals surface area contributed by atoms with Crippen molar-refractivity contribution in [2.45, 2.75) is 58.6 Å². The highest BCUT2D eigenvalue weighted by Crippen LogP contribution is 2.37. The number of hydrogen-bond acceptors (Lipinski definition) is 3. The summed E-state index contributed by atoms with van der Waals surface area (Å²) in [4.78, 5) is 17.1. The van der Waals surface area contributed by atoms with E-state index in [0.717, 1.165) is 32.2 Å². The van der Waals surface area contributed by atoms with Crippen LogP contribution < -0.4 is 0 Å². The molecule has 106 valence electrons. The smallest absolute Gasteiger partial charge is 0.229 e. The maximum absolute atomic E-state index is 12.9. The summed E-state index contributed by atoms with van der Waals surface area (Å²) in [6.07, 6.45) is 7.30. The molecular formula is C15H24N2O2. The molecule has 19 heavy (non-hydrogen) atoms. The molecule has 0 bridgehead atoms. The Kier molecular flexibility index (Phi) is 4.40. The molecule has 2 rings (SSSR count). The van der Waals surface area contributed by atoms with Gasteiger partial charge in [-0.3, -0.25) is 4.79 Å². The molecule has 1 fully saturated rings. The van der Waals surface area contributed by atoms with Crippen LogP contribution >= 0.6 is 0 Å². The number of ether oxygens (including phenoxy) is 1. The van der Waals surface area contributed by atoms with Crippen LogP contribution in [0.1, 0.15) is 57.1 Å². The molecule has 4 nitrogen and oxygen atoms in total. The third-order valence-electron chi connectivity index (χ3n) is 4.18. The molecule has 4 heteroatoms. The zero-order valence-corrected chi connectivity index (χ0v) is 12.2. The molecule has 0 atom stereocenters. The Labute approximate surface area is 115 Å². The van der Waals surface area contributed by atoms with E-state index in [2.05, 4.69) is 11.9 Å². The molecule has 1 saturated carbocycles. The topological polar surface area (TPSA) is 44.1 Å². The first-order valence-corrected chi connectivity index (χ1v) is 7.33. The second-order valence-corrected chi connectivity index (χ2v) is 5.48. The van der Waals surface area contributed by atoms with Gasteiger partial charge in [-0.1, -0.05) is 6.92 Å². The van der Waals surface area contributed by atoms with Crippen molar-refractivity contribution in [2.75, 3.05) is 6.61 Å².